The van der Waals surface area contributed by atoms with E-state index in [1.54, 1.807) is 0 Å². The van der Waals surface area contributed by atoms with Gasteiger partial charge in [-0.25, -0.2) is 0 Å². The molecule has 0 saturated carbocycles. The molecule has 2 unspecified atom stereocenters. The lowest BCUT2D eigenvalue weighted by atomic mass is 9.92. The minimum atomic E-state index is -0.172. The molecule has 0 aliphatic rings. The lowest BCUT2D eigenvalue weighted by molar-refractivity contribution is -0.142. The number of esters is 2. The highest BCUT2D eigenvalue weighted by atomic mass is 32.2. The topological polar surface area (TPSA) is 72.8 Å². The number of thioether (sulfide) groups is 2. The summed E-state index contributed by atoms with van der Waals surface area (Å²) in [4.78, 5) is 24.8. The Labute approximate surface area is 247 Å². The van der Waals surface area contributed by atoms with Crippen LogP contribution in [-0.2, 0) is 37.0 Å². The number of hydrogen-bond acceptors (Lipinski definition) is 7. The number of hydrogen-bond donors (Lipinski definition) is 1. The summed E-state index contributed by atoms with van der Waals surface area (Å²) in [5.41, 5.74) is 5.12. The first-order valence-corrected chi connectivity index (χ1v) is 17.3. The summed E-state index contributed by atoms with van der Waals surface area (Å²) in [5.74, 6) is 2.74. The van der Waals surface area contributed by atoms with E-state index in [2.05, 4.69) is 34.6 Å². The first kappa shape index (κ1) is 35.7. The Morgan fingerprint density at radius 3 is 1.59 bits per heavy atom. The van der Waals surface area contributed by atoms with Gasteiger partial charge in [0.05, 0.1) is 24.7 Å². The Balaban J connectivity index is 2.72. The molecule has 1 rings (SSSR count). The molecule has 0 radical (unpaired) electrons. The summed E-state index contributed by atoms with van der Waals surface area (Å²) in [6.45, 7) is 15.8. The van der Waals surface area contributed by atoms with Gasteiger partial charge in [0, 0.05) is 11.5 Å². The molecule has 0 saturated heterocycles. The zero-order chi connectivity index (χ0) is 29.2. The van der Waals surface area contributed by atoms with Crippen LogP contribution in [0.5, 0.6) is 5.75 Å². The number of phenolic OH excluding ortho intramolecular Hbond substituents is 1. The Morgan fingerprint density at radius 2 is 1.18 bits per heavy atom. The fourth-order valence-electron chi connectivity index (χ4n) is 4.77. The fraction of sp³-hybridized carbons (Fsp3) is 0.750. The largest absolute Gasteiger partial charge is 0.507 e. The van der Waals surface area contributed by atoms with Crippen molar-refractivity contribution in [2.45, 2.75) is 118 Å². The highest BCUT2D eigenvalue weighted by Crippen LogP contribution is 2.37. The number of benzene rings is 1. The molecule has 0 aromatic heterocycles. The zero-order valence-corrected chi connectivity index (χ0v) is 27.3. The lowest BCUT2D eigenvalue weighted by Gasteiger charge is -2.21. The number of unbranched alkanes of at least 4 members (excludes halogenated alkanes) is 2. The number of carbonyl (C=O) groups excluding carboxylic acids is 2. The van der Waals surface area contributed by atoms with Crippen LogP contribution in [-0.4, -0.2) is 41.8 Å². The van der Waals surface area contributed by atoms with Crippen LogP contribution in [0.1, 0.15) is 114 Å². The normalized spacial score (nSPS) is 12.8. The van der Waals surface area contributed by atoms with Gasteiger partial charge in [-0.15, -0.1) is 23.5 Å². The quantitative estimate of drug-likeness (QED) is 0.146. The molecule has 1 N–H and O–H groups in total. The monoisotopic (exact) mass is 582 g/mol. The maximum absolute atomic E-state index is 12.4. The fourth-order valence-corrected chi connectivity index (χ4v) is 6.70. The summed E-state index contributed by atoms with van der Waals surface area (Å²) >= 11 is 3.07. The number of aromatic hydroxyl groups is 1. The zero-order valence-electron chi connectivity index (χ0n) is 25.7. The predicted molar refractivity (Wildman–Crippen MR) is 168 cm³/mol. The third-order valence-electron chi connectivity index (χ3n) is 7.70. The van der Waals surface area contributed by atoms with E-state index in [0.29, 0.717) is 53.8 Å². The Bertz CT molecular complexity index is 871. The molecular formula is C32H54O5S2. The number of phenols is 1. The van der Waals surface area contributed by atoms with E-state index in [-0.39, 0.29) is 11.9 Å². The predicted octanol–water partition coefficient (Wildman–Crippen LogP) is 8.56. The highest BCUT2D eigenvalue weighted by molar-refractivity contribution is 7.99. The molecule has 0 bridgehead atoms. The van der Waals surface area contributed by atoms with E-state index in [9.17, 15) is 14.7 Å². The Kier molecular flexibility index (Phi) is 18.8. The molecule has 1 aromatic rings. The summed E-state index contributed by atoms with van der Waals surface area (Å²) in [6.07, 6.45) is 9.63. The molecular weight excluding hydrogens is 528 g/mol. The van der Waals surface area contributed by atoms with Crippen molar-refractivity contribution in [2.75, 3.05) is 24.7 Å². The van der Waals surface area contributed by atoms with Crippen molar-refractivity contribution in [3.63, 3.8) is 0 Å². The lowest BCUT2D eigenvalue weighted by Crippen LogP contribution is -2.15. The summed E-state index contributed by atoms with van der Waals surface area (Å²) in [6, 6.07) is 0. The highest BCUT2D eigenvalue weighted by Gasteiger charge is 2.20. The molecule has 1 aromatic carbocycles. The third-order valence-corrected chi connectivity index (χ3v) is 9.56. The Hall–Kier alpha value is -1.34. The Morgan fingerprint density at radius 1 is 0.718 bits per heavy atom. The van der Waals surface area contributed by atoms with Crippen LogP contribution in [0.3, 0.4) is 0 Å². The molecule has 0 amide bonds. The molecule has 7 heteroatoms. The summed E-state index contributed by atoms with van der Waals surface area (Å²) in [7, 11) is 0. The molecule has 2 atom stereocenters. The maximum atomic E-state index is 12.4. The van der Waals surface area contributed by atoms with Gasteiger partial charge >= 0.3 is 11.9 Å². The van der Waals surface area contributed by atoms with E-state index in [4.69, 9.17) is 9.47 Å². The van der Waals surface area contributed by atoms with E-state index in [1.807, 2.05) is 13.8 Å². The van der Waals surface area contributed by atoms with Gasteiger partial charge in [-0.1, -0.05) is 73.1 Å². The van der Waals surface area contributed by atoms with Crippen LogP contribution in [0.4, 0.5) is 0 Å². The van der Waals surface area contributed by atoms with Crippen molar-refractivity contribution >= 4 is 35.5 Å². The third kappa shape index (κ3) is 12.8. The number of rotatable bonds is 21. The maximum Gasteiger partial charge on any atom is 0.315 e. The van der Waals surface area contributed by atoms with Gasteiger partial charge < -0.3 is 14.6 Å². The van der Waals surface area contributed by atoms with Crippen molar-refractivity contribution in [3.8, 4) is 5.75 Å². The van der Waals surface area contributed by atoms with Gasteiger partial charge in [0.1, 0.15) is 5.75 Å². The van der Waals surface area contributed by atoms with Gasteiger partial charge in [-0.05, 0) is 72.8 Å². The second kappa shape index (κ2) is 20.5. The minimum absolute atomic E-state index is 0.170. The smallest absolute Gasteiger partial charge is 0.315 e. The van der Waals surface area contributed by atoms with Crippen molar-refractivity contribution < 1.29 is 24.2 Å². The van der Waals surface area contributed by atoms with E-state index in [1.165, 1.54) is 36.4 Å². The SMILES string of the molecule is CCCCC(CC)COC(=O)CSCc1c(C)c(O)c(CC)c(CSCC(=O)OCC(CC)CCCC)c1C. The van der Waals surface area contributed by atoms with Gasteiger partial charge in [0.15, 0.2) is 0 Å². The van der Waals surface area contributed by atoms with Gasteiger partial charge in [0.25, 0.3) is 0 Å². The standard InChI is InChI=1S/C32H54O5S2/c1-8-13-15-25(10-3)17-36-30(33)21-38-19-28-23(6)29(27(12-5)32(35)24(28)7)20-39-22-31(34)37-18-26(11-4)16-14-9-2/h25-26,35H,8-22H2,1-7H3. The molecule has 5 nitrogen and oxygen atoms in total. The van der Waals surface area contributed by atoms with Crippen molar-refractivity contribution in [1.82, 2.24) is 0 Å². The molecule has 0 heterocycles. The second-order valence-corrected chi connectivity index (χ2v) is 12.5. The number of carbonyl (C=O) groups is 2. The van der Waals surface area contributed by atoms with Crippen molar-refractivity contribution in [3.05, 3.63) is 27.8 Å². The van der Waals surface area contributed by atoms with E-state index >= 15 is 0 Å². The number of ether oxygens (including phenoxy) is 2. The van der Waals surface area contributed by atoms with Crippen molar-refractivity contribution in [2.24, 2.45) is 11.8 Å². The molecule has 0 aliphatic carbocycles. The van der Waals surface area contributed by atoms with Crippen molar-refractivity contribution in [1.29, 1.82) is 0 Å². The first-order valence-electron chi connectivity index (χ1n) is 15.0. The minimum Gasteiger partial charge on any atom is -0.507 e. The molecule has 0 spiro atoms. The van der Waals surface area contributed by atoms with E-state index in [0.717, 1.165) is 72.8 Å². The average Bonchev–Trinajstić information content (AvgIpc) is 2.93. The first-order chi connectivity index (χ1) is 18.7. The molecule has 0 fully saturated rings. The van der Waals surface area contributed by atoms with Crippen LogP contribution in [0.2, 0.25) is 0 Å². The molecule has 0 aliphatic heterocycles. The van der Waals surface area contributed by atoms with E-state index < -0.39 is 0 Å². The molecule has 39 heavy (non-hydrogen) atoms. The van der Waals surface area contributed by atoms with Gasteiger partial charge in [0.2, 0.25) is 0 Å². The molecule has 224 valence electrons. The van der Waals surface area contributed by atoms with Crippen LogP contribution in [0, 0.1) is 25.7 Å². The van der Waals surface area contributed by atoms with Crippen LogP contribution < -0.4 is 0 Å². The van der Waals surface area contributed by atoms with Crippen LogP contribution in [0.15, 0.2) is 0 Å². The van der Waals surface area contributed by atoms with Crippen LogP contribution >= 0.6 is 23.5 Å². The van der Waals surface area contributed by atoms with Gasteiger partial charge in [-0.2, -0.15) is 0 Å². The summed E-state index contributed by atoms with van der Waals surface area (Å²) in [5, 5.41) is 11.0. The second-order valence-electron chi connectivity index (χ2n) is 10.6. The summed E-state index contributed by atoms with van der Waals surface area (Å²) < 4.78 is 11.1. The average molecular weight is 583 g/mol. The van der Waals surface area contributed by atoms with Gasteiger partial charge in [-0.3, -0.25) is 9.59 Å². The van der Waals surface area contributed by atoms with Crippen LogP contribution in [0.25, 0.3) is 0 Å².